The van der Waals surface area contributed by atoms with Gasteiger partial charge in [0.25, 0.3) is 0 Å². The van der Waals surface area contributed by atoms with E-state index < -0.39 is 37.0 Å². The summed E-state index contributed by atoms with van der Waals surface area (Å²) < 4.78 is 23.1. The predicted molar refractivity (Wildman–Crippen MR) is 91.9 cm³/mol. The topological polar surface area (TPSA) is 77.4 Å². The lowest BCUT2D eigenvalue weighted by Crippen LogP contribution is -2.62. The van der Waals surface area contributed by atoms with Crippen molar-refractivity contribution in [1.82, 2.24) is 0 Å². The van der Waals surface area contributed by atoms with E-state index in [1.165, 1.54) is 0 Å². The molecule has 2 aromatic rings. The first-order chi connectivity index (χ1) is 12.7. The molecule has 0 amide bonds. The van der Waals surface area contributed by atoms with Crippen LogP contribution >= 0.6 is 0 Å². The minimum Gasteiger partial charge on any atom is -0.387 e. The molecule has 6 nitrogen and oxygen atoms in total. The van der Waals surface area contributed by atoms with E-state index in [-0.39, 0.29) is 13.2 Å². The van der Waals surface area contributed by atoms with Crippen molar-refractivity contribution >= 4 is 0 Å². The zero-order chi connectivity index (χ0) is 17.9. The van der Waals surface area contributed by atoms with Crippen LogP contribution in [0.5, 0.6) is 0 Å². The van der Waals surface area contributed by atoms with Crippen molar-refractivity contribution in [2.75, 3.05) is 6.61 Å². The molecule has 0 unspecified atom stereocenters. The fraction of sp³-hybridized carbons (Fsp3) is 0.400. The summed E-state index contributed by atoms with van der Waals surface area (Å²) in [6, 6.07) is 19.1. The molecule has 2 saturated heterocycles. The number of aliphatic hydroxyl groups is 2. The van der Waals surface area contributed by atoms with Crippen molar-refractivity contribution in [3.63, 3.8) is 0 Å². The second-order valence-corrected chi connectivity index (χ2v) is 6.50. The van der Waals surface area contributed by atoms with Crippen molar-refractivity contribution in [3.05, 3.63) is 71.8 Å². The number of fused-ring (bicyclic) bond motifs is 1. The lowest BCUT2D eigenvalue weighted by Gasteiger charge is -2.46. The smallest absolute Gasteiger partial charge is 0.187 e. The molecule has 26 heavy (non-hydrogen) atoms. The van der Waals surface area contributed by atoms with E-state index in [4.69, 9.17) is 18.9 Å². The van der Waals surface area contributed by atoms with Crippen molar-refractivity contribution in [1.29, 1.82) is 0 Å². The van der Waals surface area contributed by atoms with Gasteiger partial charge in [-0.1, -0.05) is 60.7 Å². The maximum Gasteiger partial charge on any atom is 0.187 e. The second kappa shape index (κ2) is 7.84. The van der Waals surface area contributed by atoms with Crippen LogP contribution in [0, 0.1) is 0 Å². The normalized spacial score (nSPS) is 34.2. The molecule has 6 heteroatoms. The van der Waals surface area contributed by atoms with Gasteiger partial charge in [-0.3, -0.25) is 0 Å². The number of benzene rings is 2. The first-order valence-corrected chi connectivity index (χ1v) is 8.71. The highest BCUT2D eigenvalue weighted by Gasteiger charge is 2.49. The van der Waals surface area contributed by atoms with Crippen LogP contribution in [-0.4, -0.2) is 47.5 Å². The average molecular weight is 358 g/mol. The summed E-state index contributed by atoms with van der Waals surface area (Å²) in [4.78, 5) is 0. The number of aliphatic hydroxyl groups excluding tert-OH is 2. The monoisotopic (exact) mass is 358 g/mol. The third-order valence-corrected chi connectivity index (χ3v) is 4.66. The molecule has 4 rings (SSSR count). The summed E-state index contributed by atoms with van der Waals surface area (Å²) in [5, 5.41) is 20.9. The Labute approximate surface area is 151 Å². The first kappa shape index (κ1) is 17.6. The van der Waals surface area contributed by atoms with Gasteiger partial charge in [0.05, 0.1) is 13.2 Å². The maximum absolute atomic E-state index is 10.5. The highest BCUT2D eigenvalue weighted by molar-refractivity contribution is 5.17. The standard InChI is InChI=1S/C20H22O6/c21-16-17(22)20(23-11-13-7-3-1-4-8-13)25-15-12-24-19(26-18(15)16)14-9-5-2-6-10-14/h1-10,15-22H,11-12H2/t15-,16-,17+,18+,19-,20+/m0/s1. The first-order valence-electron chi connectivity index (χ1n) is 8.71. The average Bonchev–Trinajstić information content (AvgIpc) is 2.71. The third-order valence-electron chi connectivity index (χ3n) is 4.66. The lowest BCUT2D eigenvalue weighted by molar-refractivity contribution is -0.362. The molecule has 2 aliphatic heterocycles. The quantitative estimate of drug-likeness (QED) is 0.867. The van der Waals surface area contributed by atoms with Crippen LogP contribution in [0.3, 0.4) is 0 Å². The largest absolute Gasteiger partial charge is 0.387 e. The van der Waals surface area contributed by atoms with E-state index >= 15 is 0 Å². The highest BCUT2D eigenvalue weighted by atomic mass is 16.8. The molecule has 2 aromatic carbocycles. The van der Waals surface area contributed by atoms with Crippen LogP contribution in [0.15, 0.2) is 60.7 Å². The number of hydrogen-bond acceptors (Lipinski definition) is 6. The van der Waals surface area contributed by atoms with Crippen molar-refractivity contribution in [3.8, 4) is 0 Å². The van der Waals surface area contributed by atoms with Gasteiger partial charge in [0.15, 0.2) is 12.6 Å². The third kappa shape index (κ3) is 3.66. The van der Waals surface area contributed by atoms with E-state index in [0.29, 0.717) is 0 Å². The minimum absolute atomic E-state index is 0.249. The Balaban J connectivity index is 1.40. The molecular weight excluding hydrogens is 336 g/mol. The molecule has 138 valence electrons. The van der Waals surface area contributed by atoms with E-state index in [2.05, 4.69) is 0 Å². The zero-order valence-electron chi connectivity index (χ0n) is 14.2. The molecule has 0 saturated carbocycles. The van der Waals surface area contributed by atoms with Crippen molar-refractivity contribution in [2.45, 2.75) is 43.6 Å². The van der Waals surface area contributed by atoms with Gasteiger partial charge in [-0.15, -0.1) is 0 Å². The summed E-state index contributed by atoms with van der Waals surface area (Å²) in [6.07, 6.45) is -5.04. The van der Waals surface area contributed by atoms with Gasteiger partial charge in [-0.2, -0.15) is 0 Å². The molecule has 0 aliphatic carbocycles. The van der Waals surface area contributed by atoms with Crippen LogP contribution in [0.25, 0.3) is 0 Å². The molecule has 2 heterocycles. The Hall–Kier alpha value is -1.80. The van der Waals surface area contributed by atoms with Crippen LogP contribution in [0.1, 0.15) is 17.4 Å². The molecule has 2 N–H and O–H groups in total. The van der Waals surface area contributed by atoms with Gasteiger partial charge < -0.3 is 29.2 Å². The molecule has 0 spiro atoms. The molecular formula is C20H22O6. The molecule has 2 aliphatic rings. The van der Waals surface area contributed by atoms with Gasteiger partial charge in [-0.25, -0.2) is 0 Å². The number of rotatable bonds is 4. The van der Waals surface area contributed by atoms with Crippen LogP contribution in [0.4, 0.5) is 0 Å². The summed E-state index contributed by atoms with van der Waals surface area (Å²) in [7, 11) is 0. The minimum atomic E-state index is -1.20. The van der Waals surface area contributed by atoms with Gasteiger partial charge in [0.2, 0.25) is 0 Å². The summed E-state index contributed by atoms with van der Waals surface area (Å²) in [5.41, 5.74) is 1.82. The molecule has 6 atom stereocenters. The van der Waals surface area contributed by atoms with Crippen molar-refractivity contribution in [2.24, 2.45) is 0 Å². The lowest BCUT2D eigenvalue weighted by atomic mass is 9.98. The Bertz CT molecular complexity index is 692. The SMILES string of the molecule is O[C@H]1[C@H](OCc2ccccc2)O[C@H]2CO[C@H](c3ccccc3)O[C@H]2[C@H]1O. The van der Waals surface area contributed by atoms with Gasteiger partial charge >= 0.3 is 0 Å². The Morgan fingerprint density at radius 2 is 1.58 bits per heavy atom. The predicted octanol–water partition coefficient (Wildman–Crippen LogP) is 1.76. The molecule has 2 fully saturated rings. The Kier molecular flexibility index (Phi) is 5.31. The zero-order valence-corrected chi connectivity index (χ0v) is 14.2. The number of hydrogen-bond donors (Lipinski definition) is 2. The van der Waals surface area contributed by atoms with Gasteiger partial charge in [-0.05, 0) is 5.56 Å². The van der Waals surface area contributed by atoms with Gasteiger partial charge in [0.1, 0.15) is 24.4 Å². The van der Waals surface area contributed by atoms with E-state index in [1.807, 2.05) is 60.7 Å². The van der Waals surface area contributed by atoms with E-state index in [9.17, 15) is 10.2 Å². The summed E-state index contributed by atoms with van der Waals surface area (Å²) in [6.45, 7) is 0.528. The van der Waals surface area contributed by atoms with Crippen molar-refractivity contribution < 1.29 is 29.2 Å². The fourth-order valence-electron chi connectivity index (χ4n) is 3.25. The number of ether oxygens (including phenoxy) is 4. The Morgan fingerprint density at radius 1 is 0.885 bits per heavy atom. The highest BCUT2D eigenvalue weighted by Crippen LogP contribution is 2.34. The Morgan fingerprint density at radius 3 is 2.31 bits per heavy atom. The maximum atomic E-state index is 10.5. The van der Waals surface area contributed by atoms with Crippen LogP contribution in [-0.2, 0) is 25.6 Å². The molecule has 0 aromatic heterocycles. The van der Waals surface area contributed by atoms with Gasteiger partial charge in [0, 0.05) is 5.56 Å². The summed E-state index contributed by atoms with van der Waals surface area (Å²) >= 11 is 0. The molecule has 0 radical (unpaired) electrons. The van der Waals surface area contributed by atoms with Crippen LogP contribution in [0.2, 0.25) is 0 Å². The molecule has 0 bridgehead atoms. The van der Waals surface area contributed by atoms with E-state index in [0.717, 1.165) is 11.1 Å². The summed E-state index contributed by atoms with van der Waals surface area (Å²) in [5.74, 6) is 0. The second-order valence-electron chi connectivity index (χ2n) is 6.50. The van der Waals surface area contributed by atoms with Crippen LogP contribution < -0.4 is 0 Å². The van der Waals surface area contributed by atoms with E-state index in [1.54, 1.807) is 0 Å². The fourth-order valence-corrected chi connectivity index (χ4v) is 3.25.